The molecule has 3 aromatic rings. The van der Waals surface area contributed by atoms with Crippen LogP contribution in [0.25, 0.3) is 10.6 Å². The third-order valence-corrected chi connectivity index (χ3v) is 6.20. The molecule has 0 radical (unpaired) electrons. The highest BCUT2D eigenvalue weighted by Crippen LogP contribution is 2.33. The number of hydrogen-bond acceptors (Lipinski definition) is 6. The Kier molecular flexibility index (Phi) is 5.34. The zero-order valence-electron chi connectivity index (χ0n) is 15.9. The Morgan fingerprint density at radius 3 is 2.74 bits per heavy atom. The van der Waals surface area contributed by atoms with E-state index in [9.17, 15) is 0 Å². The largest absolute Gasteiger partial charge is 0.348 e. The van der Waals surface area contributed by atoms with Gasteiger partial charge in [-0.05, 0) is 49.6 Å². The molecule has 1 saturated carbocycles. The lowest BCUT2D eigenvalue weighted by atomic mass is 9.95. The van der Waals surface area contributed by atoms with E-state index in [1.165, 1.54) is 37.7 Å². The van der Waals surface area contributed by atoms with Gasteiger partial charge < -0.3 is 10.2 Å². The molecule has 0 unspecified atom stereocenters. The van der Waals surface area contributed by atoms with Crippen molar-refractivity contribution in [3.05, 3.63) is 48.3 Å². The van der Waals surface area contributed by atoms with Gasteiger partial charge in [-0.25, -0.2) is 15.0 Å². The number of rotatable bonds is 5. The van der Waals surface area contributed by atoms with Crippen molar-refractivity contribution in [3.8, 4) is 10.6 Å². The number of pyridine rings is 2. The van der Waals surface area contributed by atoms with Gasteiger partial charge in [0.25, 0.3) is 0 Å². The molecule has 0 aromatic carbocycles. The van der Waals surface area contributed by atoms with Gasteiger partial charge in [0.1, 0.15) is 11.6 Å². The molecule has 0 spiro atoms. The molecule has 0 amide bonds. The second kappa shape index (κ2) is 8.05. The van der Waals surface area contributed by atoms with Crippen LogP contribution in [0, 0.1) is 6.92 Å². The van der Waals surface area contributed by atoms with E-state index in [1.54, 1.807) is 17.5 Å². The third-order valence-electron chi connectivity index (χ3n) is 5.09. The van der Waals surface area contributed by atoms with Gasteiger partial charge in [0.05, 0.1) is 10.6 Å². The van der Waals surface area contributed by atoms with Crippen LogP contribution in [0.15, 0.2) is 42.7 Å². The number of anilines is 3. The minimum atomic E-state index is 0.617. The van der Waals surface area contributed by atoms with E-state index < -0.39 is 0 Å². The number of aromatic nitrogens is 3. The van der Waals surface area contributed by atoms with Crippen LogP contribution >= 0.6 is 11.3 Å². The Labute approximate surface area is 164 Å². The molecular weight excluding hydrogens is 354 g/mol. The van der Waals surface area contributed by atoms with Crippen molar-refractivity contribution in [1.82, 2.24) is 15.0 Å². The fourth-order valence-corrected chi connectivity index (χ4v) is 4.47. The Morgan fingerprint density at radius 2 is 1.93 bits per heavy atom. The molecule has 140 valence electrons. The first-order chi connectivity index (χ1) is 13.2. The first kappa shape index (κ1) is 17.9. The maximum absolute atomic E-state index is 4.75. The lowest BCUT2D eigenvalue weighted by Gasteiger charge is -2.30. The van der Waals surface area contributed by atoms with Crippen molar-refractivity contribution < 1.29 is 0 Å². The minimum absolute atomic E-state index is 0.617. The predicted octanol–water partition coefficient (Wildman–Crippen LogP) is 5.42. The molecule has 6 heteroatoms. The molecule has 0 saturated heterocycles. The molecule has 1 aliphatic rings. The van der Waals surface area contributed by atoms with Gasteiger partial charge in [-0.2, -0.15) is 0 Å². The molecule has 3 heterocycles. The molecule has 1 fully saturated rings. The highest BCUT2D eigenvalue weighted by Gasteiger charge is 2.20. The average Bonchev–Trinajstić information content (AvgIpc) is 3.19. The van der Waals surface area contributed by atoms with Crippen LogP contribution in [-0.2, 0) is 0 Å². The first-order valence-electron chi connectivity index (χ1n) is 9.55. The van der Waals surface area contributed by atoms with Crippen LogP contribution in [0.5, 0.6) is 0 Å². The smallest absolute Gasteiger partial charge is 0.185 e. The van der Waals surface area contributed by atoms with Gasteiger partial charge in [0, 0.05) is 25.5 Å². The van der Waals surface area contributed by atoms with Crippen molar-refractivity contribution in [2.24, 2.45) is 0 Å². The van der Waals surface area contributed by atoms with Gasteiger partial charge >= 0.3 is 0 Å². The van der Waals surface area contributed by atoms with E-state index in [-0.39, 0.29) is 0 Å². The van der Waals surface area contributed by atoms with E-state index >= 15 is 0 Å². The fraction of sp³-hybridized carbons (Fsp3) is 0.381. The first-order valence-corrected chi connectivity index (χ1v) is 10.4. The SMILES string of the molecule is Cc1ccnc(Nc2cccc(-c3cnc(N(C)C4CCCCC4)s3)n2)c1. The number of thiazole rings is 1. The topological polar surface area (TPSA) is 53.9 Å². The molecule has 0 atom stereocenters. The predicted molar refractivity (Wildman–Crippen MR) is 113 cm³/mol. The number of nitrogens with zero attached hydrogens (tertiary/aromatic N) is 4. The van der Waals surface area contributed by atoms with Crippen molar-refractivity contribution in [3.63, 3.8) is 0 Å². The zero-order chi connectivity index (χ0) is 18.6. The van der Waals surface area contributed by atoms with Gasteiger partial charge in [-0.3, -0.25) is 0 Å². The van der Waals surface area contributed by atoms with Crippen LogP contribution in [0.1, 0.15) is 37.7 Å². The molecule has 27 heavy (non-hydrogen) atoms. The molecule has 3 aromatic heterocycles. The fourth-order valence-electron chi connectivity index (χ4n) is 3.55. The summed E-state index contributed by atoms with van der Waals surface area (Å²) in [5.41, 5.74) is 2.11. The molecular formula is C21H25N5S. The lowest BCUT2D eigenvalue weighted by molar-refractivity contribution is 0.427. The van der Waals surface area contributed by atoms with E-state index in [1.807, 2.05) is 36.5 Å². The summed E-state index contributed by atoms with van der Waals surface area (Å²) in [6.07, 6.45) is 10.3. The molecule has 1 aliphatic carbocycles. The lowest BCUT2D eigenvalue weighted by Crippen LogP contribution is -2.33. The van der Waals surface area contributed by atoms with E-state index in [4.69, 9.17) is 4.98 Å². The monoisotopic (exact) mass is 379 g/mol. The minimum Gasteiger partial charge on any atom is -0.348 e. The molecule has 0 aliphatic heterocycles. The quantitative estimate of drug-likeness (QED) is 0.641. The van der Waals surface area contributed by atoms with E-state index in [0.717, 1.165) is 27.3 Å². The summed E-state index contributed by atoms with van der Waals surface area (Å²) in [7, 11) is 2.17. The molecule has 5 nitrogen and oxygen atoms in total. The number of nitrogens with one attached hydrogen (secondary N) is 1. The van der Waals surface area contributed by atoms with Crippen molar-refractivity contribution in [2.45, 2.75) is 45.1 Å². The van der Waals surface area contributed by atoms with Crippen molar-refractivity contribution >= 4 is 28.1 Å². The number of hydrogen-bond donors (Lipinski definition) is 1. The second-order valence-corrected chi connectivity index (χ2v) is 8.17. The van der Waals surface area contributed by atoms with Crippen LogP contribution in [0.3, 0.4) is 0 Å². The summed E-state index contributed by atoms with van der Waals surface area (Å²) in [5.74, 6) is 1.60. The Bertz CT molecular complexity index is 901. The third kappa shape index (κ3) is 4.27. The zero-order valence-corrected chi connectivity index (χ0v) is 16.7. The summed E-state index contributed by atoms with van der Waals surface area (Å²) in [4.78, 5) is 17.2. The second-order valence-electron chi connectivity index (χ2n) is 7.16. The van der Waals surface area contributed by atoms with Crippen LogP contribution in [0.4, 0.5) is 16.8 Å². The normalized spacial score (nSPS) is 14.9. The molecule has 4 rings (SSSR count). The van der Waals surface area contributed by atoms with E-state index in [2.05, 4.69) is 34.2 Å². The summed E-state index contributed by atoms with van der Waals surface area (Å²) in [6.45, 7) is 2.05. The van der Waals surface area contributed by atoms with Gasteiger partial charge in [-0.15, -0.1) is 0 Å². The van der Waals surface area contributed by atoms with Crippen LogP contribution in [-0.4, -0.2) is 28.0 Å². The van der Waals surface area contributed by atoms with Gasteiger partial charge in [0.2, 0.25) is 0 Å². The molecule has 1 N–H and O–H groups in total. The van der Waals surface area contributed by atoms with E-state index in [0.29, 0.717) is 6.04 Å². The summed E-state index contributed by atoms with van der Waals surface area (Å²) in [5, 5.41) is 4.37. The average molecular weight is 380 g/mol. The van der Waals surface area contributed by atoms with Gasteiger partial charge in [-0.1, -0.05) is 36.7 Å². The highest BCUT2D eigenvalue weighted by atomic mass is 32.1. The number of aryl methyl sites for hydroxylation is 1. The summed E-state index contributed by atoms with van der Waals surface area (Å²) < 4.78 is 0. The molecule has 0 bridgehead atoms. The highest BCUT2D eigenvalue weighted by molar-refractivity contribution is 7.18. The van der Waals surface area contributed by atoms with Crippen LogP contribution < -0.4 is 10.2 Å². The summed E-state index contributed by atoms with van der Waals surface area (Å²) in [6, 6.07) is 10.6. The Balaban J connectivity index is 1.51. The standard InChI is InChI=1S/C21H25N5S/c1-15-11-12-22-20(13-15)25-19-10-6-9-17(24-19)18-14-23-21(27-18)26(2)16-7-4-3-5-8-16/h6,9-14,16H,3-5,7-8H2,1-2H3,(H,22,24,25). The van der Waals surface area contributed by atoms with Crippen LogP contribution in [0.2, 0.25) is 0 Å². The Morgan fingerprint density at radius 1 is 1.07 bits per heavy atom. The summed E-state index contributed by atoms with van der Waals surface area (Å²) >= 11 is 1.71. The maximum atomic E-state index is 4.75. The Hall–Kier alpha value is -2.47. The van der Waals surface area contributed by atoms with Crippen molar-refractivity contribution in [2.75, 3.05) is 17.3 Å². The maximum Gasteiger partial charge on any atom is 0.185 e. The van der Waals surface area contributed by atoms with Crippen molar-refractivity contribution in [1.29, 1.82) is 0 Å². The van der Waals surface area contributed by atoms with Gasteiger partial charge in [0.15, 0.2) is 5.13 Å².